The fourth-order valence-corrected chi connectivity index (χ4v) is 7.03. The first-order chi connectivity index (χ1) is 16.7. The zero-order chi connectivity index (χ0) is 24.5. The first-order valence-electron chi connectivity index (χ1n) is 13.0. The monoisotopic (exact) mass is 475 g/mol. The average Bonchev–Trinajstić information content (AvgIpc) is 3.60. The summed E-state index contributed by atoms with van der Waals surface area (Å²) in [5.74, 6) is 1.65. The highest BCUT2D eigenvalue weighted by Crippen LogP contribution is 2.59. The Kier molecular flexibility index (Phi) is 5.33. The summed E-state index contributed by atoms with van der Waals surface area (Å²) in [6.45, 7) is 10.4. The number of fused-ring (bicyclic) bond motifs is 1. The predicted octanol–water partition coefficient (Wildman–Crippen LogP) is 4.61. The van der Waals surface area contributed by atoms with Crippen LogP contribution in [0.4, 0.5) is 0 Å². The lowest BCUT2D eigenvalue weighted by molar-refractivity contribution is -0.0535. The number of phenols is 1. The third-order valence-electron chi connectivity index (χ3n) is 9.19. The summed E-state index contributed by atoms with van der Waals surface area (Å²) in [6, 6.07) is 12.2. The van der Waals surface area contributed by atoms with E-state index in [4.69, 9.17) is 9.47 Å². The maximum atomic E-state index is 11.7. The summed E-state index contributed by atoms with van der Waals surface area (Å²) in [7, 11) is 1.68. The highest BCUT2D eigenvalue weighted by Gasteiger charge is 2.60. The topological polar surface area (TPSA) is 62.2 Å². The van der Waals surface area contributed by atoms with Crippen molar-refractivity contribution >= 4 is 0 Å². The fraction of sp³-hybridized carbons (Fsp3) is 0.533. The molecule has 2 N–H and O–H groups in total. The summed E-state index contributed by atoms with van der Waals surface area (Å²) >= 11 is 0. The van der Waals surface area contributed by atoms with Gasteiger partial charge >= 0.3 is 0 Å². The van der Waals surface area contributed by atoms with Crippen LogP contribution in [0.25, 0.3) is 0 Å². The normalized spacial score (nSPS) is 29.7. The van der Waals surface area contributed by atoms with E-state index in [9.17, 15) is 10.2 Å². The number of rotatable bonds is 7. The number of piperidine rings is 1. The van der Waals surface area contributed by atoms with Crippen molar-refractivity contribution in [2.75, 3.05) is 20.2 Å². The summed E-state index contributed by atoms with van der Waals surface area (Å²) in [5.41, 5.74) is 3.35. The van der Waals surface area contributed by atoms with E-state index in [0.29, 0.717) is 17.4 Å². The third kappa shape index (κ3) is 3.54. The first kappa shape index (κ1) is 23.1. The highest BCUT2D eigenvalue weighted by atomic mass is 16.5. The molecule has 0 amide bonds. The number of benzene rings is 2. The molecule has 5 atom stereocenters. The van der Waals surface area contributed by atoms with Crippen molar-refractivity contribution in [1.29, 1.82) is 0 Å². The van der Waals surface area contributed by atoms with Crippen molar-refractivity contribution in [3.05, 3.63) is 70.8 Å². The molecule has 2 heterocycles. The maximum absolute atomic E-state index is 11.7. The van der Waals surface area contributed by atoms with E-state index in [1.807, 2.05) is 31.2 Å². The van der Waals surface area contributed by atoms with Crippen LogP contribution in [-0.2, 0) is 22.2 Å². The summed E-state index contributed by atoms with van der Waals surface area (Å²) < 4.78 is 12.7. The van der Waals surface area contributed by atoms with Gasteiger partial charge in [-0.25, -0.2) is 0 Å². The Morgan fingerprint density at radius 1 is 1.31 bits per heavy atom. The van der Waals surface area contributed by atoms with Crippen molar-refractivity contribution in [3.8, 4) is 11.5 Å². The molecule has 5 nitrogen and oxygen atoms in total. The van der Waals surface area contributed by atoms with Gasteiger partial charge in [-0.2, -0.15) is 0 Å². The van der Waals surface area contributed by atoms with Crippen LogP contribution in [0.1, 0.15) is 54.9 Å². The second-order valence-electron chi connectivity index (χ2n) is 11.5. The lowest BCUT2D eigenvalue weighted by Gasteiger charge is -2.52. The molecule has 2 aliphatic carbocycles. The van der Waals surface area contributed by atoms with Gasteiger partial charge in [0, 0.05) is 30.7 Å². The molecule has 6 rings (SSSR count). The number of aliphatic hydroxyl groups is 1. The van der Waals surface area contributed by atoms with E-state index in [-0.39, 0.29) is 17.3 Å². The number of methoxy groups -OCH3 is 1. The van der Waals surface area contributed by atoms with E-state index in [1.54, 1.807) is 20.1 Å². The van der Waals surface area contributed by atoms with Gasteiger partial charge in [-0.3, -0.25) is 4.90 Å². The number of aromatic hydroxyl groups is 1. The van der Waals surface area contributed by atoms with Crippen LogP contribution < -0.4 is 4.74 Å². The first-order valence-corrected chi connectivity index (χ1v) is 13.0. The second kappa shape index (κ2) is 8.09. The van der Waals surface area contributed by atoms with Crippen LogP contribution >= 0.6 is 0 Å². The molecule has 1 saturated heterocycles. The van der Waals surface area contributed by atoms with E-state index < -0.39 is 11.7 Å². The van der Waals surface area contributed by atoms with Crippen LogP contribution in [-0.4, -0.2) is 53.6 Å². The molecule has 1 saturated carbocycles. The molecule has 0 aromatic heterocycles. The zero-order valence-electron chi connectivity index (χ0n) is 21.1. The third-order valence-corrected chi connectivity index (χ3v) is 9.19. The molecule has 35 heavy (non-hydrogen) atoms. The van der Waals surface area contributed by atoms with Gasteiger partial charge in [-0.15, -0.1) is 0 Å². The Bertz CT molecular complexity index is 1170. The van der Waals surface area contributed by atoms with Crippen LogP contribution in [0, 0.1) is 12.8 Å². The number of nitrogens with zero attached hydrogens (tertiary/aromatic N) is 1. The van der Waals surface area contributed by atoms with Gasteiger partial charge in [0.25, 0.3) is 0 Å². The molecular weight excluding hydrogens is 438 g/mol. The Hall–Kier alpha value is -2.34. The number of hydrogen-bond acceptors (Lipinski definition) is 5. The number of phenolic OH excluding ortho intramolecular Hbond substituents is 1. The second-order valence-corrected chi connectivity index (χ2v) is 11.5. The zero-order valence-corrected chi connectivity index (χ0v) is 21.1. The van der Waals surface area contributed by atoms with E-state index in [2.05, 4.69) is 17.5 Å². The molecule has 2 aliphatic heterocycles. The van der Waals surface area contributed by atoms with E-state index >= 15 is 0 Å². The molecule has 1 spiro atoms. The molecule has 2 bridgehead atoms. The van der Waals surface area contributed by atoms with Crippen molar-refractivity contribution in [3.63, 3.8) is 0 Å². The van der Waals surface area contributed by atoms with Crippen molar-refractivity contribution < 1.29 is 19.7 Å². The van der Waals surface area contributed by atoms with Crippen molar-refractivity contribution in [2.45, 2.75) is 75.2 Å². The maximum Gasteiger partial charge on any atom is 0.165 e. The molecule has 2 fully saturated rings. The average molecular weight is 476 g/mol. The number of aryl methyl sites for hydroxylation is 1. The minimum atomic E-state index is -1.28. The highest BCUT2D eigenvalue weighted by molar-refractivity contribution is 5.60. The minimum absolute atomic E-state index is 0.190. The lowest BCUT2D eigenvalue weighted by atomic mass is 9.60. The van der Waals surface area contributed by atoms with Crippen molar-refractivity contribution in [1.82, 2.24) is 4.90 Å². The Morgan fingerprint density at radius 2 is 2.11 bits per heavy atom. The van der Waals surface area contributed by atoms with Gasteiger partial charge in [0.15, 0.2) is 11.5 Å². The molecule has 4 aliphatic rings. The predicted molar refractivity (Wildman–Crippen MR) is 136 cm³/mol. The summed E-state index contributed by atoms with van der Waals surface area (Å²) in [5, 5.41) is 22.5. The van der Waals surface area contributed by atoms with Gasteiger partial charge in [0.05, 0.1) is 0 Å². The van der Waals surface area contributed by atoms with Crippen molar-refractivity contribution in [2.24, 2.45) is 5.92 Å². The van der Waals surface area contributed by atoms with E-state index in [1.165, 1.54) is 24.9 Å². The molecule has 5 heteroatoms. The molecule has 2 unspecified atom stereocenters. The number of likely N-dealkylation sites (tertiary alicyclic amines) is 1. The van der Waals surface area contributed by atoms with Crippen LogP contribution in [0.5, 0.6) is 11.5 Å². The fourth-order valence-electron chi connectivity index (χ4n) is 7.03. The lowest BCUT2D eigenvalue weighted by Crippen LogP contribution is -2.60. The van der Waals surface area contributed by atoms with E-state index in [0.717, 1.165) is 48.4 Å². The molecule has 2 aromatic carbocycles. The number of ether oxygens (including phenoxy) is 2. The van der Waals surface area contributed by atoms with Crippen LogP contribution in [0.3, 0.4) is 0 Å². The number of hydrogen-bond donors (Lipinski definition) is 2. The largest absolute Gasteiger partial charge is 0.504 e. The van der Waals surface area contributed by atoms with Gasteiger partial charge in [0.2, 0.25) is 0 Å². The van der Waals surface area contributed by atoms with Gasteiger partial charge in [-0.05, 0) is 81.2 Å². The summed E-state index contributed by atoms with van der Waals surface area (Å²) in [6.07, 6.45) is 4.75. The summed E-state index contributed by atoms with van der Waals surface area (Å²) in [4.78, 5) is 2.69. The van der Waals surface area contributed by atoms with Gasteiger partial charge in [-0.1, -0.05) is 42.5 Å². The van der Waals surface area contributed by atoms with Gasteiger partial charge in [0.1, 0.15) is 17.8 Å². The SMILES string of the molecule is C=C(C(OC)[C@@H]1Oc2c(O)ccc3c2[C@@]12CCN(CC1CC1)[C@H](C3)C2)C(C)(O)c1cccc(C)c1. The molecule has 2 aromatic rings. The Morgan fingerprint density at radius 3 is 2.83 bits per heavy atom. The molecule has 186 valence electrons. The Labute approximate surface area is 208 Å². The molecule has 0 radical (unpaired) electrons. The molecular formula is C30H37NO4. The Balaban J connectivity index is 1.39. The minimum Gasteiger partial charge on any atom is -0.504 e. The van der Waals surface area contributed by atoms with Crippen LogP contribution in [0.2, 0.25) is 0 Å². The smallest absolute Gasteiger partial charge is 0.165 e. The standard InChI is InChI=1S/C30H37NO4/c1-18-6-5-7-22(14-18)29(3,33)19(2)26(34-4)28-30-12-13-31(17-20-8-9-20)23(16-30)15-21-10-11-24(32)27(35-28)25(21)30/h5-7,10-11,14,20,23,26,28,32-33H,2,8-9,12-13,15-17H2,1,3-4H3/t23-,26?,28+,29?,30+/m1/s1. The van der Waals surface area contributed by atoms with Crippen LogP contribution in [0.15, 0.2) is 48.6 Å². The van der Waals surface area contributed by atoms with Gasteiger partial charge < -0.3 is 19.7 Å². The quantitative estimate of drug-likeness (QED) is 0.573.